The topological polar surface area (TPSA) is 88.8 Å². The monoisotopic (exact) mass is 539 g/mol. The highest BCUT2D eigenvalue weighted by Gasteiger charge is 2.14. The Bertz CT molecular complexity index is 1420. The first-order valence-corrected chi connectivity index (χ1v) is 14.0. The number of carboxylic acid groups (broad SMARTS) is 2. The molecule has 6 heteroatoms. The maximum atomic E-state index is 11.6. The molecule has 40 heavy (non-hydrogen) atoms. The molecule has 3 aromatic carbocycles. The minimum Gasteiger partial charge on any atom is -0.494 e. The van der Waals surface area contributed by atoms with Crippen LogP contribution >= 0.6 is 0 Å². The molecule has 0 saturated carbocycles. The number of fused-ring (bicyclic) bond motifs is 1. The van der Waals surface area contributed by atoms with Gasteiger partial charge >= 0.3 is 11.9 Å². The van der Waals surface area contributed by atoms with Gasteiger partial charge in [-0.1, -0.05) is 73.2 Å². The summed E-state index contributed by atoms with van der Waals surface area (Å²) in [4.78, 5) is 22.4. The van der Waals surface area contributed by atoms with E-state index in [4.69, 9.17) is 9.84 Å². The molecule has 6 nitrogen and oxygen atoms in total. The lowest BCUT2D eigenvalue weighted by atomic mass is 10.0. The van der Waals surface area contributed by atoms with Crippen LogP contribution in [0.25, 0.3) is 23.1 Å². The molecule has 4 aromatic rings. The summed E-state index contributed by atoms with van der Waals surface area (Å²) in [5.41, 5.74) is 5.13. The van der Waals surface area contributed by atoms with Crippen LogP contribution in [0.4, 0.5) is 0 Å². The molecule has 1 aromatic heterocycles. The SMILES string of the molecule is O=C(O)CCCCCn1cc(CC(=O)O)c2c(/C=C/c3ccc(OCCCCc4ccccc4)cc3)cccc21. The van der Waals surface area contributed by atoms with Crippen LogP contribution in [0.5, 0.6) is 5.75 Å². The molecule has 208 valence electrons. The number of hydrogen-bond donors (Lipinski definition) is 2. The first-order chi connectivity index (χ1) is 19.5. The van der Waals surface area contributed by atoms with Gasteiger partial charge < -0.3 is 19.5 Å². The summed E-state index contributed by atoms with van der Waals surface area (Å²) in [6.07, 6.45) is 11.6. The van der Waals surface area contributed by atoms with Gasteiger partial charge in [0.2, 0.25) is 0 Å². The quantitative estimate of drug-likeness (QED) is 0.114. The zero-order chi connectivity index (χ0) is 28.2. The van der Waals surface area contributed by atoms with Crippen molar-refractivity contribution >= 4 is 35.0 Å². The van der Waals surface area contributed by atoms with Gasteiger partial charge in [0.1, 0.15) is 5.75 Å². The number of unbranched alkanes of at least 4 members (excludes halogenated alkanes) is 3. The minimum absolute atomic E-state index is 0.0508. The number of nitrogens with zero attached hydrogens (tertiary/aromatic N) is 1. The van der Waals surface area contributed by atoms with Gasteiger partial charge in [-0.15, -0.1) is 0 Å². The van der Waals surface area contributed by atoms with Crippen molar-refractivity contribution < 1.29 is 24.5 Å². The number of carboxylic acids is 2. The Morgan fingerprint density at radius 1 is 0.775 bits per heavy atom. The van der Waals surface area contributed by atoms with Crippen molar-refractivity contribution in [3.8, 4) is 5.75 Å². The van der Waals surface area contributed by atoms with E-state index < -0.39 is 11.9 Å². The largest absolute Gasteiger partial charge is 0.494 e. The van der Waals surface area contributed by atoms with Crippen LogP contribution in [0.3, 0.4) is 0 Å². The zero-order valence-electron chi connectivity index (χ0n) is 22.8. The first-order valence-electron chi connectivity index (χ1n) is 14.0. The second-order valence-corrected chi connectivity index (χ2v) is 10.1. The van der Waals surface area contributed by atoms with Crippen molar-refractivity contribution in [2.45, 2.75) is 57.9 Å². The van der Waals surface area contributed by atoms with Crippen molar-refractivity contribution in [2.75, 3.05) is 6.61 Å². The second kappa shape index (κ2) is 14.7. The van der Waals surface area contributed by atoms with Crippen LogP contribution in [0.15, 0.2) is 79.0 Å². The highest BCUT2D eigenvalue weighted by Crippen LogP contribution is 2.28. The molecule has 4 rings (SSSR count). The van der Waals surface area contributed by atoms with E-state index in [-0.39, 0.29) is 12.8 Å². The predicted octanol–water partition coefficient (Wildman–Crippen LogP) is 7.49. The molecule has 0 fully saturated rings. The van der Waals surface area contributed by atoms with Crippen LogP contribution in [0.2, 0.25) is 0 Å². The van der Waals surface area contributed by atoms with Gasteiger partial charge in [0.15, 0.2) is 0 Å². The highest BCUT2D eigenvalue weighted by atomic mass is 16.5. The molecule has 0 aliphatic heterocycles. The van der Waals surface area contributed by atoms with Gasteiger partial charge in [0.05, 0.1) is 13.0 Å². The summed E-state index contributed by atoms with van der Waals surface area (Å²) >= 11 is 0. The number of benzene rings is 3. The zero-order valence-corrected chi connectivity index (χ0v) is 22.8. The van der Waals surface area contributed by atoms with E-state index in [1.54, 1.807) is 0 Å². The molecular formula is C34H37NO5. The summed E-state index contributed by atoms with van der Waals surface area (Å²) in [5, 5.41) is 19.3. The summed E-state index contributed by atoms with van der Waals surface area (Å²) in [5.74, 6) is -0.790. The van der Waals surface area contributed by atoms with E-state index in [0.717, 1.165) is 72.0 Å². The van der Waals surface area contributed by atoms with Gasteiger partial charge in [-0.25, -0.2) is 0 Å². The average molecular weight is 540 g/mol. The molecule has 0 atom stereocenters. The van der Waals surface area contributed by atoms with Crippen LogP contribution in [0.1, 0.15) is 60.8 Å². The molecular weight excluding hydrogens is 502 g/mol. The van der Waals surface area contributed by atoms with Gasteiger partial charge in [-0.2, -0.15) is 0 Å². The third-order valence-corrected chi connectivity index (χ3v) is 6.96. The standard InChI is InChI=1S/C34H37NO5/c36-32(37)15-5-2-7-22-35-25-29(24-33(38)39)34-28(13-9-14-31(34)35)19-16-27-17-20-30(21-18-27)40-23-8-6-12-26-10-3-1-4-11-26/h1,3-4,9-11,13-14,16-21,25H,2,5-8,12,15,22-24H2,(H,36,37)(H,38,39)/b19-16+. The van der Waals surface area contributed by atoms with Gasteiger partial charge in [0.25, 0.3) is 0 Å². The third-order valence-electron chi connectivity index (χ3n) is 6.96. The number of hydrogen-bond acceptors (Lipinski definition) is 3. The predicted molar refractivity (Wildman–Crippen MR) is 160 cm³/mol. The fourth-order valence-corrected chi connectivity index (χ4v) is 4.95. The van der Waals surface area contributed by atoms with Crippen molar-refractivity contribution in [3.63, 3.8) is 0 Å². The Morgan fingerprint density at radius 3 is 2.33 bits per heavy atom. The van der Waals surface area contributed by atoms with Crippen LogP contribution in [0, 0.1) is 0 Å². The molecule has 0 aliphatic carbocycles. The van der Waals surface area contributed by atoms with Crippen LogP contribution in [-0.2, 0) is 29.0 Å². The van der Waals surface area contributed by atoms with Gasteiger partial charge in [0, 0.05) is 30.1 Å². The fourth-order valence-electron chi connectivity index (χ4n) is 4.95. The molecule has 0 amide bonds. The number of aliphatic carboxylic acids is 2. The minimum atomic E-state index is -0.866. The molecule has 0 spiro atoms. The second-order valence-electron chi connectivity index (χ2n) is 10.1. The summed E-state index contributed by atoms with van der Waals surface area (Å²) in [6.45, 7) is 1.41. The van der Waals surface area contributed by atoms with E-state index in [1.165, 1.54) is 5.56 Å². The van der Waals surface area contributed by atoms with Crippen molar-refractivity contribution in [3.05, 3.63) is 101 Å². The summed E-state index contributed by atoms with van der Waals surface area (Å²) in [6, 6.07) is 24.5. The number of carbonyl (C=O) groups is 2. The Hall–Kier alpha value is -4.32. The lowest BCUT2D eigenvalue weighted by Crippen LogP contribution is -2.00. The van der Waals surface area contributed by atoms with Crippen molar-refractivity contribution in [1.29, 1.82) is 0 Å². The Labute approximate surface area is 235 Å². The summed E-state index contributed by atoms with van der Waals surface area (Å²) < 4.78 is 8.02. The molecule has 1 heterocycles. The van der Waals surface area contributed by atoms with E-state index >= 15 is 0 Å². The Kier molecular flexibility index (Phi) is 10.6. The normalized spacial score (nSPS) is 11.3. The van der Waals surface area contributed by atoms with E-state index in [1.807, 2.05) is 66.9 Å². The van der Waals surface area contributed by atoms with Crippen LogP contribution in [-0.4, -0.2) is 33.3 Å². The molecule has 0 bridgehead atoms. The third kappa shape index (κ3) is 8.60. The molecule has 0 aliphatic rings. The van der Waals surface area contributed by atoms with E-state index in [9.17, 15) is 14.7 Å². The maximum absolute atomic E-state index is 11.6. The lowest BCUT2D eigenvalue weighted by Gasteiger charge is -2.07. The van der Waals surface area contributed by atoms with Gasteiger partial charge in [-0.3, -0.25) is 9.59 Å². The summed E-state index contributed by atoms with van der Waals surface area (Å²) in [7, 11) is 0. The Balaban J connectivity index is 1.37. The number of aryl methyl sites for hydroxylation is 2. The molecule has 0 unspecified atom stereocenters. The van der Waals surface area contributed by atoms with E-state index in [2.05, 4.69) is 28.8 Å². The van der Waals surface area contributed by atoms with E-state index in [0.29, 0.717) is 13.0 Å². The number of rotatable bonds is 16. The number of aromatic nitrogens is 1. The van der Waals surface area contributed by atoms with Crippen LogP contribution < -0.4 is 4.74 Å². The fraction of sp³-hybridized carbons (Fsp3) is 0.294. The Morgan fingerprint density at radius 2 is 1.57 bits per heavy atom. The highest BCUT2D eigenvalue weighted by molar-refractivity contribution is 5.96. The molecule has 0 radical (unpaired) electrons. The lowest BCUT2D eigenvalue weighted by molar-refractivity contribution is -0.137. The molecule has 0 saturated heterocycles. The smallest absolute Gasteiger partial charge is 0.307 e. The average Bonchev–Trinajstić information content (AvgIpc) is 3.29. The van der Waals surface area contributed by atoms with Crippen molar-refractivity contribution in [2.24, 2.45) is 0 Å². The van der Waals surface area contributed by atoms with Crippen molar-refractivity contribution in [1.82, 2.24) is 4.57 Å². The maximum Gasteiger partial charge on any atom is 0.307 e. The first kappa shape index (κ1) is 28.7. The number of ether oxygens (including phenoxy) is 1. The molecule has 2 N–H and O–H groups in total. The van der Waals surface area contributed by atoms with Gasteiger partial charge in [-0.05, 0) is 72.6 Å².